The van der Waals surface area contributed by atoms with E-state index in [1.807, 2.05) is 0 Å². The molecule has 184 valence electrons. The monoisotopic (exact) mass is 533 g/mol. The minimum atomic E-state index is -1.06. The number of rotatable bonds is 7. The van der Waals surface area contributed by atoms with E-state index in [0.717, 1.165) is 43.6 Å². The summed E-state index contributed by atoms with van der Waals surface area (Å²) in [6.07, 6.45) is 5.00. The van der Waals surface area contributed by atoms with E-state index in [1.165, 1.54) is 24.1 Å². The Morgan fingerprint density at radius 1 is 1.14 bits per heavy atom. The number of hydrogen-bond donors (Lipinski definition) is 2. The second kappa shape index (κ2) is 11.3. The van der Waals surface area contributed by atoms with Crippen LogP contribution in [0.3, 0.4) is 0 Å². The number of carbonyl (C=O) groups excluding carboxylic acids is 2. The summed E-state index contributed by atoms with van der Waals surface area (Å²) in [5.74, 6) is -0.354. The Bertz CT molecular complexity index is 1200. The van der Waals surface area contributed by atoms with Gasteiger partial charge in [0.15, 0.2) is 5.69 Å². The smallest absolute Gasteiger partial charge is 0.280 e. The van der Waals surface area contributed by atoms with Crippen molar-refractivity contribution in [2.45, 2.75) is 44.2 Å². The van der Waals surface area contributed by atoms with Crippen LogP contribution in [0.4, 0.5) is 5.69 Å². The number of nitrogens with one attached hydrogen (secondary N) is 1. The maximum absolute atomic E-state index is 13.9. The number of halogens is 2. The van der Waals surface area contributed by atoms with Crippen molar-refractivity contribution in [1.82, 2.24) is 9.69 Å². The first-order valence-electron chi connectivity index (χ1n) is 11.3. The molecule has 1 aromatic heterocycles. The molecule has 0 bridgehead atoms. The number of amides is 2. The van der Waals surface area contributed by atoms with Gasteiger partial charge in [-0.1, -0.05) is 60.7 Å². The third-order valence-electron chi connectivity index (χ3n) is 6.02. The molecular formula is C25H25Cl2N3O4S. The van der Waals surface area contributed by atoms with Crippen molar-refractivity contribution in [3.05, 3.63) is 69.1 Å². The van der Waals surface area contributed by atoms with Gasteiger partial charge in [-0.15, -0.1) is 0 Å². The van der Waals surface area contributed by atoms with Crippen LogP contribution in [0, 0.1) is 0 Å². The number of aromatic hydroxyl groups is 1. The highest BCUT2D eigenvalue weighted by Crippen LogP contribution is 2.36. The molecule has 10 heteroatoms. The Labute approximate surface area is 217 Å². The van der Waals surface area contributed by atoms with Gasteiger partial charge in [-0.05, 0) is 54.2 Å². The lowest BCUT2D eigenvalue weighted by Gasteiger charge is -2.33. The molecule has 2 N–H and O–H groups in total. The van der Waals surface area contributed by atoms with Crippen LogP contribution < -0.4 is 15.0 Å². The predicted molar refractivity (Wildman–Crippen MR) is 138 cm³/mol. The van der Waals surface area contributed by atoms with Crippen LogP contribution in [-0.2, 0) is 4.79 Å². The Kier molecular flexibility index (Phi) is 8.15. The molecule has 2 aromatic carbocycles. The standard InChI is InChI=1S/C25H25Cl2N3O4S/c1-34-19-9-5-8-17(14-19)30(25(33)21-20(26)23(27)35-29-21)22(15-10-12-18(31)13-11-15)24(32)28-16-6-3-2-4-7-16/h5,8-14,16,22,31H,2-4,6-7H2,1H3,(H,28,32)/t22-/m0/s1. The molecule has 1 fully saturated rings. The number of carbonyl (C=O) groups is 2. The quantitative estimate of drug-likeness (QED) is 0.388. The van der Waals surface area contributed by atoms with Crippen LogP contribution in [0.25, 0.3) is 0 Å². The zero-order valence-corrected chi connectivity index (χ0v) is 21.4. The number of nitrogens with zero attached hydrogens (tertiary/aromatic N) is 2. The first-order chi connectivity index (χ1) is 16.9. The number of phenols is 1. The summed E-state index contributed by atoms with van der Waals surface area (Å²) >= 11 is 13.3. The fourth-order valence-electron chi connectivity index (χ4n) is 4.25. The molecule has 0 spiro atoms. The fourth-order valence-corrected chi connectivity index (χ4v) is 5.24. The van der Waals surface area contributed by atoms with Crippen LogP contribution in [0.2, 0.25) is 9.36 Å². The molecule has 1 atom stereocenters. The fraction of sp³-hybridized carbons (Fsp3) is 0.320. The van der Waals surface area contributed by atoms with Crippen LogP contribution >= 0.6 is 34.7 Å². The predicted octanol–water partition coefficient (Wildman–Crippen LogP) is 6.00. The normalized spacial score (nSPS) is 14.8. The zero-order chi connectivity index (χ0) is 24.9. The van der Waals surface area contributed by atoms with Crippen molar-refractivity contribution < 1.29 is 19.4 Å². The average molecular weight is 534 g/mol. The van der Waals surface area contributed by atoms with Gasteiger partial charge in [0.2, 0.25) is 5.91 Å². The molecule has 7 nitrogen and oxygen atoms in total. The Morgan fingerprint density at radius 2 is 1.86 bits per heavy atom. The van der Waals surface area contributed by atoms with Gasteiger partial charge in [0, 0.05) is 17.8 Å². The minimum Gasteiger partial charge on any atom is -0.508 e. The van der Waals surface area contributed by atoms with Gasteiger partial charge in [-0.2, -0.15) is 4.37 Å². The highest BCUT2D eigenvalue weighted by atomic mass is 35.5. The Balaban J connectivity index is 1.83. The molecule has 1 heterocycles. The number of ether oxygens (including phenoxy) is 1. The van der Waals surface area contributed by atoms with Crippen molar-refractivity contribution in [2.75, 3.05) is 12.0 Å². The van der Waals surface area contributed by atoms with Gasteiger partial charge in [-0.3, -0.25) is 14.5 Å². The van der Waals surface area contributed by atoms with E-state index in [1.54, 1.807) is 36.4 Å². The van der Waals surface area contributed by atoms with E-state index < -0.39 is 11.9 Å². The van der Waals surface area contributed by atoms with E-state index in [0.29, 0.717) is 17.0 Å². The lowest BCUT2D eigenvalue weighted by Crippen LogP contribution is -2.47. The molecule has 1 saturated carbocycles. The number of benzene rings is 2. The maximum atomic E-state index is 13.9. The molecule has 4 rings (SSSR count). The lowest BCUT2D eigenvalue weighted by atomic mass is 9.94. The van der Waals surface area contributed by atoms with Gasteiger partial charge < -0.3 is 15.2 Å². The van der Waals surface area contributed by atoms with Gasteiger partial charge in [0.05, 0.1) is 7.11 Å². The van der Waals surface area contributed by atoms with Crippen molar-refractivity contribution in [1.29, 1.82) is 0 Å². The highest BCUT2D eigenvalue weighted by Gasteiger charge is 2.37. The van der Waals surface area contributed by atoms with Crippen molar-refractivity contribution in [3.8, 4) is 11.5 Å². The molecule has 1 aliphatic carbocycles. The average Bonchev–Trinajstić information content (AvgIpc) is 3.21. The molecule has 3 aromatic rings. The molecular weight excluding hydrogens is 509 g/mol. The highest BCUT2D eigenvalue weighted by molar-refractivity contribution is 7.11. The summed E-state index contributed by atoms with van der Waals surface area (Å²) in [6.45, 7) is 0. The van der Waals surface area contributed by atoms with Crippen LogP contribution in [0.5, 0.6) is 11.5 Å². The van der Waals surface area contributed by atoms with Gasteiger partial charge in [0.25, 0.3) is 5.91 Å². The van der Waals surface area contributed by atoms with Crippen molar-refractivity contribution >= 4 is 52.2 Å². The van der Waals surface area contributed by atoms with Crippen LogP contribution in [-0.4, -0.2) is 34.4 Å². The van der Waals surface area contributed by atoms with Crippen LogP contribution in [0.15, 0.2) is 48.5 Å². The summed E-state index contributed by atoms with van der Waals surface area (Å²) in [6, 6.07) is 12.0. The number of aromatic nitrogens is 1. The minimum absolute atomic E-state index is 0.0235. The number of phenolic OH excluding ortho intramolecular Hbond substituents is 1. The van der Waals surface area contributed by atoms with Crippen molar-refractivity contribution in [2.24, 2.45) is 0 Å². The summed E-state index contributed by atoms with van der Waals surface area (Å²) in [5.41, 5.74) is 0.898. The Hall–Kier alpha value is -2.81. The maximum Gasteiger partial charge on any atom is 0.280 e. The third-order valence-corrected chi connectivity index (χ3v) is 7.63. The molecule has 0 radical (unpaired) electrons. The largest absolute Gasteiger partial charge is 0.508 e. The number of methoxy groups -OCH3 is 1. The van der Waals surface area contributed by atoms with Crippen molar-refractivity contribution in [3.63, 3.8) is 0 Å². The molecule has 2 amide bonds. The summed E-state index contributed by atoms with van der Waals surface area (Å²) in [7, 11) is 1.52. The van der Waals surface area contributed by atoms with E-state index in [-0.39, 0.29) is 32.8 Å². The second-order valence-electron chi connectivity index (χ2n) is 8.33. The SMILES string of the molecule is COc1cccc(N(C(=O)c2nsc(Cl)c2Cl)[C@H](C(=O)NC2CCCCC2)c2ccc(O)cc2)c1. The first kappa shape index (κ1) is 25.3. The lowest BCUT2D eigenvalue weighted by molar-refractivity contribution is -0.123. The number of hydrogen-bond acceptors (Lipinski definition) is 6. The molecule has 35 heavy (non-hydrogen) atoms. The summed E-state index contributed by atoms with van der Waals surface area (Å²) < 4.78 is 9.71. The molecule has 0 unspecified atom stereocenters. The topological polar surface area (TPSA) is 91.8 Å². The summed E-state index contributed by atoms with van der Waals surface area (Å²) in [5, 5.41) is 13.0. The van der Waals surface area contributed by atoms with E-state index in [9.17, 15) is 14.7 Å². The van der Waals surface area contributed by atoms with Crippen LogP contribution in [0.1, 0.15) is 54.2 Å². The molecule has 1 aliphatic rings. The van der Waals surface area contributed by atoms with Gasteiger partial charge in [-0.25, -0.2) is 0 Å². The van der Waals surface area contributed by atoms with E-state index >= 15 is 0 Å². The molecule has 0 saturated heterocycles. The van der Waals surface area contributed by atoms with Gasteiger partial charge in [0.1, 0.15) is 26.9 Å². The Morgan fingerprint density at radius 3 is 2.49 bits per heavy atom. The van der Waals surface area contributed by atoms with E-state index in [2.05, 4.69) is 9.69 Å². The zero-order valence-electron chi connectivity index (χ0n) is 19.0. The third kappa shape index (κ3) is 5.72. The molecule has 0 aliphatic heterocycles. The number of anilines is 1. The first-order valence-corrected chi connectivity index (χ1v) is 12.8. The van der Waals surface area contributed by atoms with E-state index in [4.69, 9.17) is 27.9 Å². The summed E-state index contributed by atoms with van der Waals surface area (Å²) in [4.78, 5) is 29.1. The van der Waals surface area contributed by atoms with Gasteiger partial charge >= 0.3 is 0 Å². The second-order valence-corrected chi connectivity index (χ2v) is 10.1.